The molecule has 0 bridgehead atoms. The Kier molecular flexibility index (Phi) is 3.86. The molecule has 0 radical (unpaired) electrons. The summed E-state index contributed by atoms with van der Waals surface area (Å²) in [5.41, 5.74) is 0. The third kappa shape index (κ3) is 2.26. The molecule has 0 aliphatic heterocycles. The molecular formula is C14H24F2. The van der Waals surface area contributed by atoms with E-state index in [9.17, 15) is 8.78 Å². The van der Waals surface area contributed by atoms with E-state index in [0.717, 1.165) is 6.42 Å². The van der Waals surface area contributed by atoms with Crippen LogP contribution in [-0.4, -0.2) is 6.43 Å². The van der Waals surface area contributed by atoms with Crippen molar-refractivity contribution < 1.29 is 8.78 Å². The summed E-state index contributed by atoms with van der Waals surface area (Å²) in [5, 5.41) is 0. The number of rotatable bonds is 2. The third-order valence-electron chi connectivity index (χ3n) is 4.88. The minimum absolute atomic E-state index is 0.281. The first-order chi connectivity index (χ1) is 7.61. The Balaban J connectivity index is 2.14. The minimum Gasteiger partial charge on any atom is -0.210 e. The van der Waals surface area contributed by atoms with Gasteiger partial charge in [-0.05, 0) is 36.5 Å². The van der Waals surface area contributed by atoms with Crippen molar-refractivity contribution in [2.24, 2.45) is 29.6 Å². The summed E-state index contributed by atoms with van der Waals surface area (Å²) in [4.78, 5) is 0. The molecule has 0 aromatic heterocycles. The number of hydrogen-bond donors (Lipinski definition) is 0. The normalized spacial score (nSPS) is 40.1. The molecule has 0 spiro atoms. The molecule has 2 aliphatic carbocycles. The van der Waals surface area contributed by atoms with Crippen LogP contribution in [0, 0.1) is 29.6 Å². The van der Waals surface area contributed by atoms with Crippen molar-refractivity contribution in [2.45, 2.75) is 58.8 Å². The van der Waals surface area contributed by atoms with E-state index in [1.165, 1.54) is 32.1 Å². The average Bonchev–Trinajstić information content (AvgIpc) is 2.43. The van der Waals surface area contributed by atoms with E-state index in [0.29, 0.717) is 17.8 Å². The summed E-state index contributed by atoms with van der Waals surface area (Å²) in [5.74, 6) is 1.60. The van der Waals surface area contributed by atoms with Gasteiger partial charge in [0.2, 0.25) is 6.43 Å². The zero-order chi connectivity index (χ0) is 11.7. The Morgan fingerprint density at radius 3 is 2.31 bits per heavy atom. The van der Waals surface area contributed by atoms with Crippen LogP contribution in [0.15, 0.2) is 0 Å². The summed E-state index contributed by atoms with van der Waals surface area (Å²) < 4.78 is 26.2. The van der Waals surface area contributed by atoms with E-state index in [1.807, 2.05) is 0 Å². The maximum atomic E-state index is 13.1. The second-order valence-corrected chi connectivity index (χ2v) is 6.12. The van der Waals surface area contributed by atoms with Crippen molar-refractivity contribution in [3.63, 3.8) is 0 Å². The smallest absolute Gasteiger partial charge is 0.210 e. The highest BCUT2D eigenvalue weighted by Crippen LogP contribution is 2.52. The van der Waals surface area contributed by atoms with Gasteiger partial charge in [-0.3, -0.25) is 0 Å². The molecule has 0 N–H and O–H groups in total. The van der Waals surface area contributed by atoms with Gasteiger partial charge in [0.1, 0.15) is 0 Å². The van der Waals surface area contributed by atoms with Gasteiger partial charge in [-0.1, -0.05) is 39.5 Å². The highest BCUT2D eigenvalue weighted by atomic mass is 19.3. The van der Waals surface area contributed by atoms with Gasteiger partial charge in [0.25, 0.3) is 0 Å². The third-order valence-corrected chi connectivity index (χ3v) is 4.88. The van der Waals surface area contributed by atoms with Crippen molar-refractivity contribution >= 4 is 0 Å². The summed E-state index contributed by atoms with van der Waals surface area (Å²) in [6.45, 7) is 4.26. The molecule has 2 saturated carbocycles. The molecule has 4 atom stereocenters. The van der Waals surface area contributed by atoms with Crippen molar-refractivity contribution in [3.8, 4) is 0 Å². The molecule has 0 aromatic rings. The summed E-state index contributed by atoms with van der Waals surface area (Å²) in [7, 11) is 0. The minimum atomic E-state index is -2.10. The zero-order valence-corrected chi connectivity index (χ0v) is 10.5. The zero-order valence-electron chi connectivity index (χ0n) is 10.5. The molecule has 0 nitrogen and oxygen atoms in total. The van der Waals surface area contributed by atoms with Gasteiger partial charge in [-0.15, -0.1) is 0 Å². The fourth-order valence-corrected chi connectivity index (χ4v) is 4.30. The van der Waals surface area contributed by atoms with Crippen LogP contribution in [0.3, 0.4) is 0 Å². The van der Waals surface area contributed by atoms with Crippen LogP contribution in [0.4, 0.5) is 8.78 Å². The molecular weight excluding hydrogens is 206 g/mol. The van der Waals surface area contributed by atoms with Gasteiger partial charge in [-0.25, -0.2) is 8.78 Å². The fraction of sp³-hybridized carbons (Fsp3) is 1.00. The predicted molar refractivity (Wildman–Crippen MR) is 62.5 cm³/mol. The molecule has 0 heterocycles. The molecule has 4 unspecified atom stereocenters. The number of halogens is 2. The van der Waals surface area contributed by atoms with Crippen LogP contribution in [0.5, 0.6) is 0 Å². The van der Waals surface area contributed by atoms with Gasteiger partial charge in [-0.2, -0.15) is 0 Å². The van der Waals surface area contributed by atoms with E-state index in [-0.39, 0.29) is 11.8 Å². The van der Waals surface area contributed by atoms with E-state index in [4.69, 9.17) is 0 Å². The fourth-order valence-electron chi connectivity index (χ4n) is 4.30. The van der Waals surface area contributed by atoms with E-state index in [2.05, 4.69) is 13.8 Å². The number of hydrogen-bond acceptors (Lipinski definition) is 0. The average molecular weight is 230 g/mol. The Morgan fingerprint density at radius 1 is 1.00 bits per heavy atom. The molecule has 2 heteroatoms. The topological polar surface area (TPSA) is 0 Å². The van der Waals surface area contributed by atoms with Crippen LogP contribution in [0.1, 0.15) is 52.4 Å². The Bertz CT molecular complexity index is 225. The van der Waals surface area contributed by atoms with Crippen molar-refractivity contribution in [1.29, 1.82) is 0 Å². The predicted octanol–water partition coefficient (Wildman–Crippen LogP) is 4.74. The van der Waals surface area contributed by atoms with Gasteiger partial charge in [0.15, 0.2) is 0 Å². The highest BCUT2D eigenvalue weighted by Gasteiger charge is 2.47. The standard InChI is InChI=1S/C14H24F2/c1-9(2)13-11-7-5-3-4-6-10(11)8-12(13)14(15)16/h9-14H,3-8H2,1-2H3. The van der Waals surface area contributed by atoms with Gasteiger partial charge in [0.05, 0.1) is 0 Å². The lowest BCUT2D eigenvalue weighted by Crippen LogP contribution is -2.26. The molecule has 0 aromatic carbocycles. The van der Waals surface area contributed by atoms with Crippen LogP contribution in [0.25, 0.3) is 0 Å². The SMILES string of the molecule is CC(C)C1C(C(F)F)CC2CCCCCC21. The Hall–Kier alpha value is -0.140. The molecule has 2 fully saturated rings. The first kappa shape index (κ1) is 12.3. The highest BCUT2D eigenvalue weighted by molar-refractivity contribution is 4.94. The number of alkyl halides is 2. The van der Waals surface area contributed by atoms with Crippen molar-refractivity contribution in [1.82, 2.24) is 0 Å². The van der Waals surface area contributed by atoms with Crippen LogP contribution < -0.4 is 0 Å². The molecule has 2 aliphatic rings. The van der Waals surface area contributed by atoms with Crippen LogP contribution >= 0.6 is 0 Å². The molecule has 0 amide bonds. The van der Waals surface area contributed by atoms with Crippen LogP contribution in [-0.2, 0) is 0 Å². The van der Waals surface area contributed by atoms with Gasteiger partial charge >= 0.3 is 0 Å². The van der Waals surface area contributed by atoms with E-state index < -0.39 is 6.43 Å². The van der Waals surface area contributed by atoms with Crippen molar-refractivity contribution in [2.75, 3.05) is 0 Å². The second kappa shape index (κ2) is 5.01. The summed E-state index contributed by atoms with van der Waals surface area (Å²) >= 11 is 0. The van der Waals surface area contributed by atoms with Gasteiger partial charge < -0.3 is 0 Å². The maximum Gasteiger partial charge on any atom is 0.241 e. The summed E-state index contributed by atoms with van der Waals surface area (Å²) in [6.07, 6.45) is 4.96. The lowest BCUT2D eigenvalue weighted by atomic mass is 9.77. The Labute approximate surface area is 97.8 Å². The lowest BCUT2D eigenvalue weighted by Gasteiger charge is -2.29. The second-order valence-electron chi connectivity index (χ2n) is 6.12. The molecule has 2 rings (SSSR count). The van der Waals surface area contributed by atoms with Gasteiger partial charge in [0, 0.05) is 5.92 Å². The first-order valence-corrected chi connectivity index (χ1v) is 6.89. The Morgan fingerprint density at radius 2 is 1.69 bits per heavy atom. The molecule has 16 heavy (non-hydrogen) atoms. The number of fused-ring (bicyclic) bond motifs is 1. The van der Waals surface area contributed by atoms with E-state index in [1.54, 1.807) is 0 Å². The monoisotopic (exact) mass is 230 g/mol. The van der Waals surface area contributed by atoms with Crippen molar-refractivity contribution in [3.05, 3.63) is 0 Å². The first-order valence-electron chi connectivity index (χ1n) is 6.89. The lowest BCUT2D eigenvalue weighted by molar-refractivity contribution is 0.0335. The molecule has 0 saturated heterocycles. The molecule has 94 valence electrons. The van der Waals surface area contributed by atoms with Crippen LogP contribution in [0.2, 0.25) is 0 Å². The quantitative estimate of drug-likeness (QED) is 0.642. The van der Waals surface area contributed by atoms with E-state index >= 15 is 0 Å². The largest absolute Gasteiger partial charge is 0.241 e. The maximum absolute atomic E-state index is 13.1. The summed E-state index contributed by atoms with van der Waals surface area (Å²) in [6, 6.07) is 0.